The van der Waals surface area contributed by atoms with Gasteiger partial charge in [0.1, 0.15) is 5.75 Å². The molecule has 152 valence electrons. The van der Waals surface area contributed by atoms with Crippen molar-refractivity contribution < 1.29 is 23.2 Å². The molecule has 2 N–H and O–H groups in total. The Balaban J connectivity index is 1.80. The summed E-state index contributed by atoms with van der Waals surface area (Å²) in [5, 5.41) is 19.2. The van der Waals surface area contributed by atoms with E-state index in [0.29, 0.717) is 12.8 Å². The fraction of sp³-hybridized carbons (Fsp3) is 0.524. The summed E-state index contributed by atoms with van der Waals surface area (Å²) in [6.45, 7) is 4.10. The molecule has 0 saturated carbocycles. The largest absolute Gasteiger partial charge is 0.508 e. The average molecular weight is 404 g/mol. The number of aromatic hydroxyl groups is 1. The molecule has 0 aromatic heterocycles. The SMILES string of the molecule is CCC/C(=C\c1cccc(O)c1)CC[C@H]1OB(O)C[C@H]2C1=C(CC)CS2(=O)=O. The van der Waals surface area contributed by atoms with Crippen LogP contribution in [0.4, 0.5) is 0 Å². The Morgan fingerprint density at radius 3 is 2.79 bits per heavy atom. The van der Waals surface area contributed by atoms with Crippen LogP contribution in [0, 0.1) is 0 Å². The van der Waals surface area contributed by atoms with Crippen molar-refractivity contribution in [2.24, 2.45) is 0 Å². The average Bonchev–Trinajstić information content (AvgIpc) is 2.90. The van der Waals surface area contributed by atoms with Crippen LogP contribution in [-0.2, 0) is 14.5 Å². The Morgan fingerprint density at radius 2 is 2.11 bits per heavy atom. The molecular weight excluding hydrogens is 375 g/mol. The van der Waals surface area contributed by atoms with Gasteiger partial charge in [0.2, 0.25) is 0 Å². The van der Waals surface area contributed by atoms with Crippen molar-refractivity contribution in [1.82, 2.24) is 0 Å². The minimum absolute atomic E-state index is 0.0943. The lowest BCUT2D eigenvalue weighted by Crippen LogP contribution is -2.41. The molecule has 1 fully saturated rings. The van der Waals surface area contributed by atoms with Gasteiger partial charge in [0.25, 0.3) is 0 Å². The second-order valence-electron chi connectivity index (χ2n) is 7.71. The van der Waals surface area contributed by atoms with Crippen molar-refractivity contribution in [2.75, 3.05) is 5.75 Å². The molecule has 0 amide bonds. The lowest BCUT2D eigenvalue weighted by atomic mass is 9.74. The van der Waals surface area contributed by atoms with Crippen LogP contribution >= 0.6 is 0 Å². The summed E-state index contributed by atoms with van der Waals surface area (Å²) in [7, 11) is -4.27. The fourth-order valence-electron chi connectivity index (χ4n) is 4.35. The summed E-state index contributed by atoms with van der Waals surface area (Å²) >= 11 is 0. The maximum Gasteiger partial charge on any atom is 0.456 e. The van der Waals surface area contributed by atoms with Crippen molar-refractivity contribution >= 4 is 23.0 Å². The number of benzene rings is 1. The maximum absolute atomic E-state index is 12.5. The molecular formula is C21H29BO5S. The summed E-state index contributed by atoms with van der Waals surface area (Å²) in [4.78, 5) is 0. The van der Waals surface area contributed by atoms with Crippen LogP contribution in [0.15, 0.2) is 41.0 Å². The molecule has 0 aliphatic carbocycles. The van der Waals surface area contributed by atoms with Gasteiger partial charge < -0.3 is 14.8 Å². The first-order valence-corrected chi connectivity index (χ1v) is 11.8. The Kier molecular flexibility index (Phi) is 6.68. The normalized spacial score (nSPS) is 24.5. The van der Waals surface area contributed by atoms with Gasteiger partial charge in [-0.2, -0.15) is 0 Å². The molecule has 0 unspecified atom stereocenters. The lowest BCUT2D eigenvalue weighted by Gasteiger charge is -2.32. The Hall–Kier alpha value is -1.57. The van der Waals surface area contributed by atoms with Crippen LogP contribution in [0.3, 0.4) is 0 Å². The summed E-state index contributed by atoms with van der Waals surface area (Å²) < 4.78 is 30.8. The molecule has 2 aliphatic rings. The first kappa shape index (κ1) is 21.2. The molecule has 3 rings (SSSR count). The number of hydrogen-bond donors (Lipinski definition) is 2. The zero-order valence-corrected chi connectivity index (χ0v) is 17.4. The molecule has 7 heteroatoms. The highest BCUT2D eigenvalue weighted by atomic mass is 32.2. The zero-order chi connectivity index (χ0) is 20.3. The van der Waals surface area contributed by atoms with Gasteiger partial charge in [-0.3, -0.25) is 0 Å². The van der Waals surface area contributed by atoms with E-state index >= 15 is 0 Å². The van der Waals surface area contributed by atoms with Crippen molar-refractivity contribution in [3.63, 3.8) is 0 Å². The third-order valence-electron chi connectivity index (χ3n) is 5.61. The molecule has 0 spiro atoms. The van der Waals surface area contributed by atoms with E-state index in [0.717, 1.165) is 36.0 Å². The Bertz CT molecular complexity index is 875. The van der Waals surface area contributed by atoms with Gasteiger partial charge in [-0.05, 0) is 49.0 Å². The van der Waals surface area contributed by atoms with Crippen molar-refractivity contribution in [2.45, 2.75) is 63.6 Å². The van der Waals surface area contributed by atoms with E-state index in [4.69, 9.17) is 4.65 Å². The van der Waals surface area contributed by atoms with E-state index in [1.807, 2.05) is 19.1 Å². The molecule has 2 aliphatic heterocycles. The predicted octanol–water partition coefficient (Wildman–Crippen LogP) is 3.74. The Morgan fingerprint density at radius 1 is 1.32 bits per heavy atom. The van der Waals surface area contributed by atoms with Crippen molar-refractivity contribution in [1.29, 1.82) is 0 Å². The van der Waals surface area contributed by atoms with Crippen LogP contribution in [0.5, 0.6) is 5.75 Å². The molecule has 2 atom stereocenters. The number of phenols is 1. The summed E-state index contributed by atoms with van der Waals surface area (Å²) in [5.41, 5.74) is 4.02. The number of rotatable bonds is 7. The molecule has 5 nitrogen and oxygen atoms in total. The van der Waals surface area contributed by atoms with E-state index in [1.54, 1.807) is 12.1 Å². The number of fused-ring (bicyclic) bond motifs is 1. The van der Waals surface area contributed by atoms with Crippen molar-refractivity contribution in [3.8, 4) is 5.75 Å². The fourth-order valence-corrected chi connectivity index (χ4v) is 6.57. The Labute approximate surface area is 168 Å². The first-order valence-electron chi connectivity index (χ1n) is 10.1. The van der Waals surface area contributed by atoms with Crippen molar-refractivity contribution in [3.05, 3.63) is 46.5 Å². The van der Waals surface area contributed by atoms with Gasteiger partial charge in [0.05, 0.1) is 17.1 Å². The third-order valence-corrected chi connectivity index (χ3v) is 7.68. The van der Waals surface area contributed by atoms with E-state index in [9.17, 15) is 18.5 Å². The van der Waals surface area contributed by atoms with Gasteiger partial charge in [-0.25, -0.2) is 8.42 Å². The quantitative estimate of drug-likeness (QED) is 0.534. The topological polar surface area (TPSA) is 83.8 Å². The number of phenolic OH excluding ortho intramolecular Hbond substituents is 1. The highest BCUT2D eigenvalue weighted by molar-refractivity contribution is 7.92. The molecule has 0 bridgehead atoms. The van der Waals surface area contributed by atoms with Gasteiger partial charge in [0, 0.05) is 6.32 Å². The minimum atomic E-state index is -3.23. The molecule has 28 heavy (non-hydrogen) atoms. The third kappa shape index (κ3) is 4.70. The molecule has 1 aromatic carbocycles. The monoisotopic (exact) mass is 404 g/mol. The number of hydrogen-bond acceptors (Lipinski definition) is 5. The number of allylic oxidation sites excluding steroid dienone is 1. The summed E-state index contributed by atoms with van der Waals surface area (Å²) in [5.74, 6) is 0.330. The van der Waals surface area contributed by atoms with E-state index in [-0.39, 0.29) is 23.9 Å². The smallest absolute Gasteiger partial charge is 0.456 e. The molecule has 1 aromatic rings. The second-order valence-corrected chi connectivity index (χ2v) is 9.89. The lowest BCUT2D eigenvalue weighted by molar-refractivity contribution is 0.169. The predicted molar refractivity (Wildman–Crippen MR) is 113 cm³/mol. The van der Waals surface area contributed by atoms with Gasteiger partial charge in [-0.1, -0.05) is 49.6 Å². The highest BCUT2D eigenvalue weighted by Crippen LogP contribution is 2.40. The molecule has 2 heterocycles. The first-order chi connectivity index (χ1) is 13.3. The van der Waals surface area contributed by atoms with Gasteiger partial charge in [-0.15, -0.1) is 0 Å². The standard InChI is InChI=1S/C21H29BO5S/c1-3-6-15(11-16-7-5-8-18(23)12-16)9-10-19-21-17(4-2)14-28(25,26)20(21)13-22(24)27-19/h5,7-8,11-12,19-20,23-24H,3-4,6,9-10,13-14H2,1-2H3/b15-11+/t19-,20+/m1/s1. The summed E-state index contributed by atoms with van der Waals surface area (Å²) in [6.07, 6.45) is 5.89. The second kappa shape index (κ2) is 8.85. The maximum atomic E-state index is 12.5. The van der Waals surface area contributed by atoms with Gasteiger partial charge >= 0.3 is 7.12 Å². The van der Waals surface area contributed by atoms with E-state index < -0.39 is 22.2 Å². The molecule has 1 saturated heterocycles. The minimum Gasteiger partial charge on any atom is -0.508 e. The van der Waals surface area contributed by atoms with Crippen LogP contribution < -0.4 is 0 Å². The van der Waals surface area contributed by atoms with Gasteiger partial charge in [0.15, 0.2) is 9.84 Å². The zero-order valence-electron chi connectivity index (χ0n) is 16.6. The molecule has 0 radical (unpaired) electrons. The van der Waals surface area contributed by atoms with Crippen LogP contribution in [0.1, 0.15) is 51.5 Å². The van der Waals surface area contributed by atoms with Crippen LogP contribution in [0.2, 0.25) is 6.32 Å². The van der Waals surface area contributed by atoms with Crippen LogP contribution in [-0.4, -0.2) is 42.8 Å². The van der Waals surface area contributed by atoms with E-state index in [2.05, 4.69) is 13.0 Å². The van der Waals surface area contributed by atoms with E-state index in [1.165, 1.54) is 5.57 Å². The van der Waals surface area contributed by atoms with Crippen LogP contribution in [0.25, 0.3) is 6.08 Å². The highest BCUT2D eigenvalue weighted by Gasteiger charge is 2.47. The number of sulfone groups is 1. The summed E-state index contributed by atoms with van der Waals surface area (Å²) in [6, 6.07) is 7.15.